The Bertz CT molecular complexity index is 564. The van der Waals surface area contributed by atoms with E-state index in [1.54, 1.807) is 7.11 Å². The number of hydrogen-bond acceptors (Lipinski definition) is 2. The summed E-state index contributed by atoms with van der Waals surface area (Å²) in [7, 11) is 3.79. The van der Waals surface area contributed by atoms with Crippen LogP contribution in [0.5, 0.6) is 5.75 Å². The number of rotatable bonds is 6. The summed E-state index contributed by atoms with van der Waals surface area (Å²) in [6.07, 6.45) is 2.38. The highest BCUT2D eigenvalue weighted by Crippen LogP contribution is 2.49. The van der Waals surface area contributed by atoms with Gasteiger partial charge in [0.25, 0.3) is 0 Å². The average Bonchev–Trinajstić information content (AvgIpc) is 3.34. The van der Waals surface area contributed by atoms with Gasteiger partial charge in [0.15, 0.2) is 0 Å². The topological polar surface area (TPSA) is 21.3 Å². The van der Waals surface area contributed by atoms with E-state index in [0.717, 1.165) is 24.0 Å². The van der Waals surface area contributed by atoms with E-state index < -0.39 is 0 Å². The van der Waals surface area contributed by atoms with Crippen molar-refractivity contribution in [1.29, 1.82) is 0 Å². The molecular weight excluding hydrogens is 258 g/mol. The second-order valence-corrected chi connectivity index (χ2v) is 5.86. The molecule has 110 valence electrons. The van der Waals surface area contributed by atoms with Gasteiger partial charge in [-0.1, -0.05) is 42.5 Å². The average molecular weight is 281 g/mol. The molecule has 0 radical (unpaired) electrons. The molecule has 1 saturated carbocycles. The normalized spacial score (nSPS) is 21.8. The van der Waals surface area contributed by atoms with Crippen molar-refractivity contribution in [3.63, 3.8) is 0 Å². The van der Waals surface area contributed by atoms with Crippen molar-refractivity contribution in [2.24, 2.45) is 5.92 Å². The Hall–Kier alpha value is -1.80. The summed E-state index contributed by atoms with van der Waals surface area (Å²) in [4.78, 5) is 0. The molecule has 0 amide bonds. The number of methoxy groups -OCH3 is 1. The molecule has 1 aliphatic rings. The third-order valence-electron chi connectivity index (χ3n) is 4.57. The van der Waals surface area contributed by atoms with Gasteiger partial charge in [0.05, 0.1) is 7.11 Å². The SMILES string of the molecule is CNC(Cc1ccc(OC)cc1)C1CC1c1ccccc1. The van der Waals surface area contributed by atoms with Gasteiger partial charge in [-0.3, -0.25) is 0 Å². The molecule has 1 fully saturated rings. The largest absolute Gasteiger partial charge is 0.497 e. The van der Waals surface area contributed by atoms with E-state index in [1.807, 2.05) is 12.1 Å². The Balaban J connectivity index is 1.64. The van der Waals surface area contributed by atoms with Crippen molar-refractivity contribution in [3.8, 4) is 5.75 Å². The zero-order valence-electron chi connectivity index (χ0n) is 12.8. The number of ether oxygens (including phenoxy) is 1. The minimum atomic E-state index is 0.545. The van der Waals surface area contributed by atoms with E-state index in [9.17, 15) is 0 Å². The van der Waals surface area contributed by atoms with Gasteiger partial charge in [0.2, 0.25) is 0 Å². The lowest BCUT2D eigenvalue weighted by Gasteiger charge is -2.17. The molecule has 0 heterocycles. The lowest BCUT2D eigenvalue weighted by molar-refractivity contribution is 0.414. The van der Waals surface area contributed by atoms with Crippen LogP contribution in [0.4, 0.5) is 0 Å². The van der Waals surface area contributed by atoms with Crippen LogP contribution in [0.3, 0.4) is 0 Å². The Morgan fingerprint density at radius 2 is 1.81 bits per heavy atom. The van der Waals surface area contributed by atoms with E-state index in [2.05, 4.69) is 54.8 Å². The van der Waals surface area contributed by atoms with Crippen LogP contribution in [-0.2, 0) is 6.42 Å². The van der Waals surface area contributed by atoms with Gasteiger partial charge in [0.1, 0.15) is 5.75 Å². The molecule has 21 heavy (non-hydrogen) atoms. The number of hydrogen-bond donors (Lipinski definition) is 1. The van der Waals surface area contributed by atoms with E-state index in [4.69, 9.17) is 4.74 Å². The van der Waals surface area contributed by atoms with Crippen LogP contribution < -0.4 is 10.1 Å². The Morgan fingerprint density at radius 3 is 2.43 bits per heavy atom. The minimum Gasteiger partial charge on any atom is -0.497 e. The highest BCUT2D eigenvalue weighted by atomic mass is 16.5. The molecule has 3 atom stereocenters. The van der Waals surface area contributed by atoms with Crippen molar-refractivity contribution in [2.75, 3.05) is 14.2 Å². The monoisotopic (exact) mass is 281 g/mol. The van der Waals surface area contributed by atoms with E-state index in [1.165, 1.54) is 17.5 Å². The predicted octanol–water partition coefficient (Wildman–Crippen LogP) is 3.63. The Kier molecular flexibility index (Phi) is 4.26. The molecule has 1 aliphatic carbocycles. The van der Waals surface area contributed by atoms with Gasteiger partial charge in [-0.2, -0.15) is 0 Å². The third kappa shape index (κ3) is 3.27. The summed E-state index contributed by atoms with van der Waals surface area (Å²) in [5, 5.41) is 3.51. The quantitative estimate of drug-likeness (QED) is 0.873. The van der Waals surface area contributed by atoms with E-state index >= 15 is 0 Å². The Labute approximate surface area is 127 Å². The smallest absolute Gasteiger partial charge is 0.118 e. The minimum absolute atomic E-state index is 0.545. The Morgan fingerprint density at radius 1 is 1.10 bits per heavy atom. The van der Waals surface area contributed by atoms with Crippen molar-refractivity contribution < 1.29 is 4.74 Å². The first-order valence-electron chi connectivity index (χ1n) is 7.67. The molecule has 2 aromatic carbocycles. The first kappa shape index (κ1) is 14.2. The maximum atomic E-state index is 5.22. The van der Waals surface area contributed by atoms with Crippen LogP contribution in [-0.4, -0.2) is 20.2 Å². The molecule has 2 heteroatoms. The molecule has 2 aromatic rings. The van der Waals surface area contributed by atoms with Crippen LogP contribution in [0.15, 0.2) is 54.6 Å². The summed E-state index contributed by atoms with van der Waals surface area (Å²) in [6.45, 7) is 0. The maximum Gasteiger partial charge on any atom is 0.118 e. The second-order valence-electron chi connectivity index (χ2n) is 5.86. The van der Waals surface area contributed by atoms with Crippen molar-refractivity contribution in [3.05, 3.63) is 65.7 Å². The highest BCUT2D eigenvalue weighted by Gasteiger charge is 2.42. The standard InChI is InChI=1S/C19H23NO/c1-20-19(12-14-8-10-16(21-2)11-9-14)18-13-17(18)15-6-4-3-5-7-15/h3-11,17-20H,12-13H2,1-2H3. The predicted molar refractivity (Wildman–Crippen MR) is 86.8 cm³/mol. The van der Waals surface area contributed by atoms with Crippen molar-refractivity contribution >= 4 is 0 Å². The van der Waals surface area contributed by atoms with Crippen molar-refractivity contribution in [1.82, 2.24) is 5.32 Å². The van der Waals surface area contributed by atoms with Gasteiger partial charge in [-0.25, -0.2) is 0 Å². The molecule has 3 unspecified atom stereocenters. The number of likely N-dealkylation sites (N-methyl/N-ethyl adjacent to an activating group) is 1. The molecule has 0 bridgehead atoms. The van der Waals surface area contributed by atoms with Crippen molar-refractivity contribution in [2.45, 2.75) is 24.8 Å². The lowest BCUT2D eigenvalue weighted by atomic mass is 9.99. The molecule has 0 aromatic heterocycles. The molecule has 2 nitrogen and oxygen atoms in total. The van der Waals surface area contributed by atoms with Crippen LogP contribution in [0.2, 0.25) is 0 Å². The fourth-order valence-corrected chi connectivity index (χ4v) is 3.23. The molecule has 0 saturated heterocycles. The van der Waals surface area contributed by atoms with Crippen LogP contribution in [0.1, 0.15) is 23.5 Å². The van der Waals surface area contributed by atoms with Gasteiger partial charge in [-0.15, -0.1) is 0 Å². The second kappa shape index (κ2) is 6.31. The van der Waals surface area contributed by atoms with Gasteiger partial charge < -0.3 is 10.1 Å². The van der Waals surface area contributed by atoms with Crippen LogP contribution in [0.25, 0.3) is 0 Å². The molecule has 0 spiro atoms. The highest BCUT2D eigenvalue weighted by molar-refractivity contribution is 5.30. The van der Waals surface area contributed by atoms with Gasteiger partial charge in [0, 0.05) is 6.04 Å². The van der Waals surface area contributed by atoms with Gasteiger partial charge in [-0.05, 0) is 55.0 Å². The first-order chi connectivity index (χ1) is 10.3. The zero-order valence-corrected chi connectivity index (χ0v) is 12.8. The fraction of sp³-hybridized carbons (Fsp3) is 0.368. The summed E-state index contributed by atoms with van der Waals surface area (Å²) in [6, 6.07) is 19.9. The molecular formula is C19H23NO. The number of benzene rings is 2. The fourth-order valence-electron chi connectivity index (χ4n) is 3.23. The van der Waals surface area contributed by atoms with Gasteiger partial charge >= 0.3 is 0 Å². The summed E-state index contributed by atoms with van der Waals surface area (Å²) in [5.74, 6) is 2.40. The van der Waals surface area contributed by atoms with E-state index in [-0.39, 0.29) is 0 Å². The van der Waals surface area contributed by atoms with Crippen LogP contribution >= 0.6 is 0 Å². The summed E-state index contributed by atoms with van der Waals surface area (Å²) >= 11 is 0. The molecule has 0 aliphatic heterocycles. The van der Waals surface area contributed by atoms with Crippen LogP contribution in [0, 0.1) is 5.92 Å². The summed E-state index contributed by atoms with van der Waals surface area (Å²) < 4.78 is 5.22. The van der Waals surface area contributed by atoms with E-state index in [0.29, 0.717) is 6.04 Å². The summed E-state index contributed by atoms with van der Waals surface area (Å²) in [5.41, 5.74) is 2.85. The maximum absolute atomic E-state index is 5.22. The molecule has 3 rings (SSSR count). The molecule has 1 N–H and O–H groups in total. The lowest BCUT2D eigenvalue weighted by Crippen LogP contribution is -2.30. The third-order valence-corrected chi connectivity index (χ3v) is 4.57. The number of nitrogens with one attached hydrogen (secondary N) is 1. The zero-order chi connectivity index (χ0) is 14.7. The first-order valence-corrected chi connectivity index (χ1v) is 7.67.